The topological polar surface area (TPSA) is 102 Å². The Morgan fingerprint density at radius 2 is 1.96 bits per heavy atom. The Morgan fingerprint density at radius 1 is 1.22 bits per heavy atom. The highest BCUT2D eigenvalue weighted by Gasteiger charge is 2.14. The van der Waals surface area contributed by atoms with Crippen LogP contribution in [0.2, 0.25) is 0 Å². The number of nitrogens with two attached hydrogens (primary N) is 1. The second-order valence-corrected chi connectivity index (χ2v) is 5.87. The lowest BCUT2D eigenvalue weighted by atomic mass is 10.2. The van der Waals surface area contributed by atoms with Crippen LogP contribution in [0.4, 0.5) is 0 Å². The summed E-state index contributed by atoms with van der Waals surface area (Å²) < 4.78 is 16.5. The Balaban J connectivity index is 0.00000261. The molecule has 3 N–H and O–H groups in total. The number of halogens is 1. The molecule has 2 aromatic rings. The summed E-state index contributed by atoms with van der Waals surface area (Å²) in [6, 6.07) is 9.16. The molecule has 0 saturated carbocycles. The monoisotopic (exact) mass is 486 g/mol. The van der Waals surface area contributed by atoms with Crippen LogP contribution in [0.5, 0.6) is 11.5 Å². The summed E-state index contributed by atoms with van der Waals surface area (Å²) in [6.45, 7) is 2.17. The molecule has 0 unspecified atom stereocenters. The fourth-order valence-corrected chi connectivity index (χ4v) is 2.69. The molecule has 1 aliphatic heterocycles. The van der Waals surface area contributed by atoms with Crippen molar-refractivity contribution >= 4 is 35.8 Å². The van der Waals surface area contributed by atoms with Gasteiger partial charge in [-0.15, -0.1) is 24.0 Å². The first-order chi connectivity index (χ1) is 12.6. The number of aliphatic imine (C=N–C) groups is 1. The Labute approximate surface area is 174 Å². The van der Waals surface area contributed by atoms with Crippen LogP contribution in [0, 0.1) is 0 Å². The number of nitrogens with zero attached hydrogens (tertiary/aromatic N) is 2. The lowest BCUT2D eigenvalue weighted by Gasteiger charge is -2.23. The second-order valence-electron chi connectivity index (χ2n) is 5.87. The zero-order valence-corrected chi connectivity index (χ0v) is 17.6. The molecule has 0 spiro atoms. The molecule has 27 heavy (non-hydrogen) atoms. The molecule has 3 rings (SSSR count). The molecule has 0 radical (unpaired) electrons. The smallest absolute Gasteiger partial charge is 0.284 e. The van der Waals surface area contributed by atoms with Gasteiger partial charge in [-0.3, -0.25) is 9.79 Å². The van der Waals surface area contributed by atoms with E-state index in [4.69, 9.17) is 19.6 Å². The fraction of sp³-hybridized carbons (Fsp3) is 0.333. The Kier molecular flexibility index (Phi) is 7.34. The van der Waals surface area contributed by atoms with Crippen molar-refractivity contribution in [1.29, 1.82) is 0 Å². The summed E-state index contributed by atoms with van der Waals surface area (Å²) in [6.07, 6.45) is 0. The minimum atomic E-state index is -0.587. The van der Waals surface area contributed by atoms with E-state index in [0.717, 1.165) is 17.1 Å². The lowest BCUT2D eigenvalue weighted by Crippen LogP contribution is -2.38. The molecule has 2 heterocycles. The van der Waals surface area contributed by atoms with E-state index in [9.17, 15) is 4.79 Å². The fourth-order valence-electron chi connectivity index (χ4n) is 2.69. The number of carbonyl (C=O) groups excluding carboxylic acids is 1. The number of furan rings is 1. The van der Waals surface area contributed by atoms with Crippen LogP contribution in [-0.2, 0) is 13.1 Å². The van der Waals surface area contributed by atoms with Crippen LogP contribution in [0.3, 0.4) is 0 Å². The van der Waals surface area contributed by atoms with Gasteiger partial charge in [0.1, 0.15) is 19.0 Å². The highest BCUT2D eigenvalue weighted by Crippen LogP contribution is 2.31. The lowest BCUT2D eigenvalue weighted by molar-refractivity contribution is 0.0972. The van der Waals surface area contributed by atoms with Gasteiger partial charge in [0, 0.05) is 20.6 Å². The van der Waals surface area contributed by atoms with E-state index in [0.29, 0.717) is 38.0 Å². The maximum absolute atomic E-state index is 11.1. The van der Waals surface area contributed by atoms with Crippen molar-refractivity contribution in [3.63, 3.8) is 0 Å². The van der Waals surface area contributed by atoms with Gasteiger partial charge in [0.2, 0.25) is 0 Å². The van der Waals surface area contributed by atoms with E-state index in [-0.39, 0.29) is 29.7 Å². The minimum Gasteiger partial charge on any atom is -0.486 e. The van der Waals surface area contributed by atoms with Gasteiger partial charge in [0.25, 0.3) is 5.91 Å². The maximum atomic E-state index is 11.1. The molecule has 1 aromatic carbocycles. The summed E-state index contributed by atoms with van der Waals surface area (Å²) in [5.74, 6) is 2.38. The Bertz CT molecular complexity index is 821. The molecule has 146 valence electrons. The van der Waals surface area contributed by atoms with Crippen LogP contribution >= 0.6 is 24.0 Å². The minimum absolute atomic E-state index is 0. The number of nitrogens with one attached hydrogen (secondary N) is 1. The first-order valence-corrected chi connectivity index (χ1v) is 8.25. The Hall–Kier alpha value is -2.43. The number of ether oxygens (including phenoxy) is 2. The van der Waals surface area contributed by atoms with Gasteiger partial charge < -0.3 is 29.8 Å². The predicted octanol–water partition coefficient (Wildman–Crippen LogP) is 1.98. The van der Waals surface area contributed by atoms with Gasteiger partial charge in [-0.25, -0.2) is 0 Å². The van der Waals surface area contributed by atoms with Crippen LogP contribution in [-0.4, -0.2) is 44.1 Å². The Morgan fingerprint density at radius 3 is 2.63 bits per heavy atom. The van der Waals surface area contributed by atoms with Gasteiger partial charge in [0.15, 0.2) is 23.2 Å². The summed E-state index contributed by atoms with van der Waals surface area (Å²) in [7, 11) is 3.64. The molecule has 8 nitrogen and oxygen atoms in total. The van der Waals surface area contributed by atoms with Crippen molar-refractivity contribution in [2.75, 3.05) is 27.3 Å². The predicted molar refractivity (Wildman–Crippen MR) is 112 cm³/mol. The maximum Gasteiger partial charge on any atom is 0.284 e. The number of amides is 1. The average molecular weight is 486 g/mol. The molecule has 1 amide bonds. The highest BCUT2D eigenvalue weighted by atomic mass is 127. The number of fused-ring (bicyclic) bond motifs is 1. The average Bonchev–Trinajstić information content (AvgIpc) is 3.11. The molecule has 0 fully saturated rings. The van der Waals surface area contributed by atoms with Crippen molar-refractivity contribution in [3.8, 4) is 11.5 Å². The molecule has 0 bridgehead atoms. The highest BCUT2D eigenvalue weighted by molar-refractivity contribution is 14.0. The SMILES string of the molecule is CN=C(NCc1ccc(C(N)=O)o1)N(C)Cc1ccc2c(c1)OCCO2.I. The molecule has 1 aliphatic rings. The van der Waals surface area contributed by atoms with Gasteiger partial charge in [-0.1, -0.05) is 6.07 Å². The molecule has 0 saturated heterocycles. The third kappa shape index (κ3) is 5.28. The summed E-state index contributed by atoms with van der Waals surface area (Å²) in [5, 5.41) is 3.19. The van der Waals surface area contributed by atoms with Crippen molar-refractivity contribution < 1.29 is 18.7 Å². The van der Waals surface area contributed by atoms with E-state index in [1.807, 2.05) is 30.1 Å². The van der Waals surface area contributed by atoms with Crippen LogP contribution in [0.1, 0.15) is 21.9 Å². The van der Waals surface area contributed by atoms with Gasteiger partial charge >= 0.3 is 0 Å². The van der Waals surface area contributed by atoms with Crippen LogP contribution in [0.15, 0.2) is 39.7 Å². The van der Waals surface area contributed by atoms with Crippen LogP contribution in [0.25, 0.3) is 0 Å². The van der Waals surface area contributed by atoms with E-state index in [1.54, 1.807) is 19.2 Å². The number of hydrogen-bond acceptors (Lipinski definition) is 5. The number of benzene rings is 1. The standard InChI is InChI=1S/C18H22N4O4.HI/c1-20-18(21-10-13-4-6-15(26-13)17(19)23)22(2)11-12-3-5-14-16(9-12)25-8-7-24-14;/h3-6,9H,7-8,10-11H2,1-2H3,(H2,19,23)(H,20,21);1H. The van der Waals surface area contributed by atoms with Crippen LogP contribution < -0.4 is 20.5 Å². The third-order valence-corrected chi connectivity index (χ3v) is 3.92. The van der Waals surface area contributed by atoms with Crippen molar-refractivity contribution in [3.05, 3.63) is 47.4 Å². The summed E-state index contributed by atoms with van der Waals surface area (Å²) in [5.41, 5.74) is 6.27. The molecule has 0 aliphatic carbocycles. The number of carbonyl (C=O) groups is 1. The van der Waals surface area contributed by atoms with Gasteiger partial charge in [0.05, 0.1) is 6.54 Å². The second kappa shape index (κ2) is 9.49. The molecule has 1 aromatic heterocycles. The number of primary amides is 1. The van der Waals surface area contributed by atoms with Gasteiger partial charge in [-0.2, -0.15) is 0 Å². The zero-order valence-electron chi connectivity index (χ0n) is 15.2. The molecule has 0 atom stereocenters. The van der Waals surface area contributed by atoms with E-state index in [2.05, 4.69) is 10.3 Å². The first kappa shape index (κ1) is 20.9. The largest absolute Gasteiger partial charge is 0.486 e. The third-order valence-electron chi connectivity index (χ3n) is 3.92. The molecular weight excluding hydrogens is 463 g/mol. The number of rotatable bonds is 5. The van der Waals surface area contributed by atoms with Crippen molar-refractivity contribution in [2.45, 2.75) is 13.1 Å². The first-order valence-electron chi connectivity index (χ1n) is 8.25. The molecule has 9 heteroatoms. The summed E-state index contributed by atoms with van der Waals surface area (Å²) >= 11 is 0. The quantitative estimate of drug-likeness (QED) is 0.381. The van der Waals surface area contributed by atoms with Crippen molar-refractivity contribution in [1.82, 2.24) is 10.2 Å². The number of hydrogen-bond donors (Lipinski definition) is 2. The molecular formula is C18H23IN4O4. The number of guanidine groups is 1. The van der Waals surface area contributed by atoms with E-state index < -0.39 is 5.91 Å². The normalized spacial score (nSPS) is 12.9. The van der Waals surface area contributed by atoms with Crippen molar-refractivity contribution in [2.24, 2.45) is 10.7 Å². The van der Waals surface area contributed by atoms with Gasteiger partial charge in [-0.05, 0) is 29.8 Å². The van der Waals surface area contributed by atoms with E-state index in [1.165, 1.54) is 0 Å². The summed E-state index contributed by atoms with van der Waals surface area (Å²) in [4.78, 5) is 17.3. The van der Waals surface area contributed by atoms with E-state index >= 15 is 0 Å². The zero-order chi connectivity index (χ0) is 18.5.